The highest BCUT2D eigenvalue weighted by molar-refractivity contribution is 7.07. The van der Waals surface area contributed by atoms with Crippen LogP contribution in [0.1, 0.15) is 22.3 Å². The van der Waals surface area contributed by atoms with Crippen LogP contribution in [0.15, 0.2) is 41.1 Å². The van der Waals surface area contributed by atoms with Crippen LogP contribution in [0.5, 0.6) is 0 Å². The van der Waals surface area contributed by atoms with Gasteiger partial charge >= 0.3 is 5.97 Å². The van der Waals surface area contributed by atoms with E-state index in [-0.39, 0.29) is 18.9 Å². The van der Waals surface area contributed by atoms with Crippen molar-refractivity contribution in [3.8, 4) is 0 Å². The van der Waals surface area contributed by atoms with Crippen LogP contribution in [0, 0.1) is 0 Å². The largest absolute Gasteiger partial charge is 0.456 e. The van der Waals surface area contributed by atoms with Crippen LogP contribution in [0.3, 0.4) is 0 Å². The second-order valence-electron chi connectivity index (χ2n) is 5.62. The van der Waals surface area contributed by atoms with E-state index in [1.807, 2.05) is 16.8 Å². The monoisotopic (exact) mass is 360 g/mol. The third-order valence-electron chi connectivity index (χ3n) is 3.38. The zero-order valence-corrected chi connectivity index (χ0v) is 15.0. The van der Waals surface area contributed by atoms with Gasteiger partial charge < -0.3 is 15.0 Å². The molecule has 0 saturated carbocycles. The van der Waals surface area contributed by atoms with Crippen LogP contribution in [-0.2, 0) is 20.7 Å². The quantitative estimate of drug-likeness (QED) is 0.770. The van der Waals surface area contributed by atoms with E-state index in [2.05, 4.69) is 5.32 Å². The molecule has 1 aromatic carbocycles. The Bertz CT molecular complexity index is 724. The minimum absolute atomic E-state index is 0.113. The Hall–Kier alpha value is -2.67. The van der Waals surface area contributed by atoms with Crippen molar-refractivity contribution in [1.29, 1.82) is 0 Å². The molecule has 1 heterocycles. The first-order chi connectivity index (χ1) is 12.0. The van der Waals surface area contributed by atoms with Crippen LogP contribution in [0.4, 0.5) is 5.69 Å². The van der Waals surface area contributed by atoms with Gasteiger partial charge in [0, 0.05) is 31.8 Å². The molecule has 2 rings (SSSR count). The van der Waals surface area contributed by atoms with E-state index in [4.69, 9.17) is 4.74 Å². The van der Waals surface area contributed by atoms with Crippen molar-refractivity contribution in [2.45, 2.75) is 12.8 Å². The van der Waals surface area contributed by atoms with E-state index in [1.54, 1.807) is 49.7 Å². The Kier molecular flexibility index (Phi) is 6.71. The molecule has 1 aromatic heterocycles. The number of anilines is 1. The first-order valence-electron chi connectivity index (χ1n) is 7.74. The van der Waals surface area contributed by atoms with Gasteiger partial charge in [0.05, 0.1) is 0 Å². The van der Waals surface area contributed by atoms with Crippen LogP contribution in [0.2, 0.25) is 0 Å². The fourth-order valence-corrected chi connectivity index (χ4v) is 2.75. The van der Waals surface area contributed by atoms with Gasteiger partial charge in [-0.2, -0.15) is 11.3 Å². The van der Waals surface area contributed by atoms with Crippen molar-refractivity contribution in [2.24, 2.45) is 0 Å². The Morgan fingerprint density at radius 1 is 1.12 bits per heavy atom. The average molecular weight is 360 g/mol. The maximum absolute atomic E-state index is 11.8. The van der Waals surface area contributed by atoms with Gasteiger partial charge in [0.25, 0.3) is 11.8 Å². The van der Waals surface area contributed by atoms with Gasteiger partial charge in [-0.05, 0) is 53.1 Å². The molecule has 0 unspecified atom stereocenters. The predicted octanol–water partition coefficient (Wildman–Crippen LogP) is 2.56. The van der Waals surface area contributed by atoms with Crippen molar-refractivity contribution in [3.63, 3.8) is 0 Å². The minimum Gasteiger partial charge on any atom is -0.456 e. The first kappa shape index (κ1) is 18.7. The fourth-order valence-electron chi connectivity index (χ4n) is 2.05. The predicted molar refractivity (Wildman–Crippen MR) is 96.7 cm³/mol. The van der Waals surface area contributed by atoms with Gasteiger partial charge in [0.1, 0.15) is 0 Å². The zero-order chi connectivity index (χ0) is 18.2. The molecule has 2 amide bonds. The van der Waals surface area contributed by atoms with E-state index < -0.39 is 11.9 Å². The van der Waals surface area contributed by atoms with Gasteiger partial charge in [-0.15, -0.1) is 0 Å². The summed E-state index contributed by atoms with van der Waals surface area (Å²) in [7, 11) is 3.34. The van der Waals surface area contributed by atoms with Crippen LogP contribution in [0.25, 0.3) is 0 Å². The van der Waals surface area contributed by atoms with Crippen molar-refractivity contribution in [3.05, 3.63) is 52.2 Å². The number of hydrogen-bond acceptors (Lipinski definition) is 5. The number of esters is 1. The molecule has 7 heteroatoms. The number of ether oxygens (including phenoxy) is 1. The molecule has 0 atom stereocenters. The summed E-state index contributed by atoms with van der Waals surface area (Å²) in [5.41, 5.74) is 2.15. The molecular formula is C18H20N2O4S. The molecule has 132 valence electrons. The van der Waals surface area contributed by atoms with Gasteiger partial charge in [-0.25, -0.2) is 0 Å². The normalized spacial score (nSPS) is 10.2. The highest BCUT2D eigenvalue weighted by Crippen LogP contribution is 2.11. The van der Waals surface area contributed by atoms with E-state index >= 15 is 0 Å². The summed E-state index contributed by atoms with van der Waals surface area (Å²) >= 11 is 1.57. The summed E-state index contributed by atoms with van der Waals surface area (Å²) < 4.78 is 4.96. The lowest BCUT2D eigenvalue weighted by molar-refractivity contribution is -0.147. The molecule has 1 N–H and O–H groups in total. The molecule has 25 heavy (non-hydrogen) atoms. The second kappa shape index (κ2) is 8.98. The standard InChI is InChI=1S/C18H20N2O4S/c1-20(2)18(23)14-4-6-15(7-5-14)19-16(21)11-24-17(22)8-3-13-9-10-25-12-13/h4-7,9-10,12H,3,8,11H2,1-2H3,(H,19,21). The lowest BCUT2D eigenvalue weighted by atomic mass is 10.2. The maximum Gasteiger partial charge on any atom is 0.306 e. The number of hydrogen-bond donors (Lipinski definition) is 1. The Morgan fingerprint density at radius 2 is 1.84 bits per heavy atom. The molecule has 0 saturated heterocycles. The summed E-state index contributed by atoms with van der Waals surface area (Å²) in [6.45, 7) is -0.332. The summed E-state index contributed by atoms with van der Waals surface area (Å²) in [6.07, 6.45) is 0.844. The lowest BCUT2D eigenvalue weighted by Crippen LogP contribution is -2.22. The molecule has 0 aliphatic heterocycles. The number of carbonyl (C=O) groups is 3. The topological polar surface area (TPSA) is 75.7 Å². The van der Waals surface area contributed by atoms with Gasteiger partial charge in [0.2, 0.25) is 0 Å². The maximum atomic E-state index is 11.8. The summed E-state index contributed by atoms with van der Waals surface area (Å²) in [4.78, 5) is 36.7. The number of aryl methyl sites for hydroxylation is 1. The van der Waals surface area contributed by atoms with Crippen LogP contribution in [-0.4, -0.2) is 43.4 Å². The van der Waals surface area contributed by atoms with E-state index in [9.17, 15) is 14.4 Å². The summed E-state index contributed by atoms with van der Waals surface area (Å²) in [5, 5.41) is 6.55. The molecule has 6 nitrogen and oxygen atoms in total. The van der Waals surface area contributed by atoms with Gasteiger partial charge in [0.15, 0.2) is 6.61 Å². The van der Waals surface area contributed by atoms with Crippen LogP contribution < -0.4 is 5.32 Å². The van der Waals surface area contributed by atoms with E-state index in [0.717, 1.165) is 5.56 Å². The first-order valence-corrected chi connectivity index (χ1v) is 8.68. The molecule has 0 aliphatic rings. The van der Waals surface area contributed by atoms with Crippen LogP contribution >= 0.6 is 11.3 Å². The minimum atomic E-state index is -0.421. The Morgan fingerprint density at radius 3 is 2.44 bits per heavy atom. The Labute approximate surface area is 150 Å². The highest BCUT2D eigenvalue weighted by atomic mass is 32.1. The molecule has 2 aromatic rings. The molecule has 0 aliphatic carbocycles. The third-order valence-corrected chi connectivity index (χ3v) is 4.12. The smallest absolute Gasteiger partial charge is 0.306 e. The Balaban J connectivity index is 1.74. The van der Waals surface area contributed by atoms with E-state index in [0.29, 0.717) is 17.7 Å². The van der Waals surface area contributed by atoms with Crippen molar-refractivity contribution < 1.29 is 19.1 Å². The number of amides is 2. The molecule has 0 spiro atoms. The molecule has 0 bridgehead atoms. The fraction of sp³-hybridized carbons (Fsp3) is 0.278. The number of benzene rings is 1. The molecule has 0 fully saturated rings. The lowest BCUT2D eigenvalue weighted by Gasteiger charge is -2.11. The molecule has 0 radical (unpaired) electrons. The number of thiophene rings is 1. The number of nitrogens with one attached hydrogen (secondary N) is 1. The number of nitrogens with zero attached hydrogens (tertiary/aromatic N) is 1. The summed E-state index contributed by atoms with van der Waals surface area (Å²) in [5.74, 6) is -0.943. The van der Waals surface area contributed by atoms with Crippen molar-refractivity contribution in [1.82, 2.24) is 4.90 Å². The molecular weight excluding hydrogens is 340 g/mol. The average Bonchev–Trinajstić information content (AvgIpc) is 3.11. The third kappa shape index (κ3) is 6.04. The number of carbonyl (C=O) groups excluding carboxylic acids is 3. The summed E-state index contributed by atoms with van der Waals surface area (Å²) in [6, 6.07) is 8.48. The highest BCUT2D eigenvalue weighted by Gasteiger charge is 2.10. The van der Waals surface area contributed by atoms with Crippen molar-refractivity contribution in [2.75, 3.05) is 26.0 Å². The zero-order valence-electron chi connectivity index (χ0n) is 14.2. The van der Waals surface area contributed by atoms with Crippen molar-refractivity contribution >= 4 is 34.8 Å². The second-order valence-corrected chi connectivity index (χ2v) is 6.40. The van der Waals surface area contributed by atoms with Gasteiger partial charge in [-0.1, -0.05) is 0 Å². The van der Waals surface area contributed by atoms with E-state index in [1.165, 1.54) is 4.90 Å². The SMILES string of the molecule is CN(C)C(=O)c1ccc(NC(=O)COC(=O)CCc2ccsc2)cc1. The van der Waals surface area contributed by atoms with Gasteiger partial charge in [-0.3, -0.25) is 14.4 Å². The number of rotatable bonds is 7.